The molecule has 2 atom stereocenters. The van der Waals surface area contributed by atoms with Gasteiger partial charge < -0.3 is 15.0 Å². The van der Waals surface area contributed by atoms with Crippen molar-refractivity contribution >= 4 is 5.69 Å². The van der Waals surface area contributed by atoms with Crippen LogP contribution in [0.25, 0.3) is 0 Å². The molecule has 0 saturated carbocycles. The van der Waals surface area contributed by atoms with E-state index in [1.807, 2.05) is 0 Å². The summed E-state index contributed by atoms with van der Waals surface area (Å²) in [6.07, 6.45) is 0.370. The van der Waals surface area contributed by atoms with E-state index in [1.165, 1.54) is 11.3 Å². The van der Waals surface area contributed by atoms with Crippen LogP contribution in [0.4, 0.5) is 5.69 Å². The van der Waals surface area contributed by atoms with Gasteiger partial charge in [0.2, 0.25) is 0 Å². The van der Waals surface area contributed by atoms with Crippen molar-refractivity contribution in [2.75, 3.05) is 31.1 Å². The highest BCUT2D eigenvalue weighted by molar-refractivity contribution is 5.50. The summed E-state index contributed by atoms with van der Waals surface area (Å²) < 4.78 is 5.78. The first-order valence-corrected chi connectivity index (χ1v) is 5.99. The number of ether oxygens (including phenoxy) is 1. The van der Waals surface area contributed by atoms with E-state index in [0.29, 0.717) is 12.1 Å². The molecular formula is C13H18N2O. The van der Waals surface area contributed by atoms with Crippen LogP contribution in [0, 0.1) is 6.92 Å². The number of fused-ring (bicyclic) bond motifs is 1. The van der Waals surface area contributed by atoms with Gasteiger partial charge in [0.05, 0.1) is 18.8 Å². The van der Waals surface area contributed by atoms with Crippen LogP contribution in [0.5, 0.6) is 0 Å². The molecule has 1 aromatic rings. The van der Waals surface area contributed by atoms with Gasteiger partial charge in [-0.15, -0.1) is 0 Å². The van der Waals surface area contributed by atoms with Crippen molar-refractivity contribution in [3.05, 3.63) is 29.8 Å². The summed E-state index contributed by atoms with van der Waals surface area (Å²) in [6.45, 7) is 6.06. The molecular weight excluding hydrogens is 200 g/mol. The molecule has 2 unspecified atom stereocenters. The van der Waals surface area contributed by atoms with Gasteiger partial charge in [-0.1, -0.05) is 12.1 Å². The zero-order valence-corrected chi connectivity index (χ0v) is 9.65. The van der Waals surface area contributed by atoms with Crippen LogP contribution in [-0.4, -0.2) is 38.4 Å². The first kappa shape index (κ1) is 10.1. The average molecular weight is 218 g/mol. The molecule has 3 nitrogen and oxygen atoms in total. The fourth-order valence-electron chi connectivity index (χ4n) is 2.63. The number of hydrogen-bond acceptors (Lipinski definition) is 3. The molecule has 16 heavy (non-hydrogen) atoms. The Bertz CT molecular complexity index is 366. The van der Waals surface area contributed by atoms with Crippen LogP contribution in [0.15, 0.2) is 24.3 Å². The Balaban J connectivity index is 1.77. The second-order valence-corrected chi connectivity index (χ2v) is 4.71. The van der Waals surface area contributed by atoms with E-state index in [0.717, 1.165) is 26.2 Å². The number of rotatable bonds is 1. The minimum absolute atomic E-state index is 0.370. The minimum Gasteiger partial charge on any atom is -0.373 e. The molecule has 0 bridgehead atoms. The standard InChI is InChI=1S/C13H18N2O/c1-10-3-2-4-11(7-10)15-8-12-13(9-15)16-6-5-14-12/h2-4,7,12-14H,5-6,8-9H2,1H3. The Morgan fingerprint density at radius 3 is 3.12 bits per heavy atom. The third kappa shape index (κ3) is 1.81. The maximum Gasteiger partial charge on any atom is 0.0920 e. The van der Waals surface area contributed by atoms with Crippen LogP contribution < -0.4 is 10.2 Å². The Morgan fingerprint density at radius 1 is 1.38 bits per heavy atom. The maximum absolute atomic E-state index is 5.78. The van der Waals surface area contributed by atoms with Crippen LogP contribution in [0.3, 0.4) is 0 Å². The van der Waals surface area contributed by atoms with E-state index in [-0.39, 0.29) is 0 Å². The summed E-state index contributed by atoms with van der Waals surface area (Å²) in [5, 5.41) is 3.53. The molecule has 0 amide bonds. The predicted octanol–water partition coefficient (Wildman–Crippen LogP) is 1.17. The lowest BCUT2D eigenvalue weighted by Crippen LogP contribution is -2.47. The molecule has 0 aliphatic carbocycles. The Morgan fingerprint density at radius 2 is 2.31 bits per heavy atom. The summed E-state index contributed by atoms with van der Waals surface area (Å²) >= 11 is 0. The van der Waals surface area contributed by atoms with Crippen molar-refractivity contribution in [1.29, 1.82) is 0 Å². The van der Waals surface area contributed by atoms with E-state index in [2.05, 4.69) is 41.4 Å². The first-order chi connectivity index (χ1) is 7.83. The molecule has 3 rings (SSSR count). The quantitative estimate of drug-likeness (QED) is 0.766. The molecule has 2 aliphatic rings. The molecule has 1 aromatic carbocycles. The lowest BCUT2D eigenvalue weighted by Gasteiger charge is -2.25. The van der Waals surface area contributed by atoms with Crippen molar-refractivity contribution in [2.24, 2.45) is 0 Å². The van der Waals surface area contributed by atoms with Gasteiger partial charge in [-0.2, -0.15) is 0 Å². The number of nitrogens with zero attached hydrogens (tertiary/aromatic N) is 1. The first-order valence-electron chi connectivity index (χ1n) is 5.99. The molecule has 0 spiro atoms. The highest BCUT2D eigenvalue weighted by Crippen LogP contribution is 2.24. The second-order valence-electron chi connectivity index (χ2n) is 4.71. The normalized spacial score (nSPS) is 29.2. The number of anilines is 1. The summed E-state index contributed by atoms with van der Waals surface area (Å²) in [5.74, 6) is 0. The molecule has 86 valence electrons. The lowest BCUT2D eigenvalue weighted by molar-refractivity contribution is 0.0212. The van der Waals surface area contributed by atoms with E-state index in [9.17, 15) is 0 Å². The summed E-state index contributed by atoms with van der Waals surface area (Å²) in [6, 6.07) is 9.21. The molecule has 2 aliphatic heterocycles. The number of aryl methyl sites for hydroxylation is 1. The van der Waals surface area contributed by atoms with Crippen molar-refractivity contribution in [1.82, 2.24) is 5.32 Å². The highest BCUT2D eigenvalue weighted by atomic mass is 16.5. The van der Waals surface area contributed by atoms with Gasteiger partial charge in [-0.25, -0.2) is 0 Å². The molecule has 0 aromatic heterocycles. The minimum atomic E-state index is 0.370. The third-order valence-corrected chi connectivity index (χ3v) is 3.47. The highest BCUT2D eigenvalue weighted by Gasteiger charge is 2.35. The molecule has 1 N–H and O–H groups in total. The SMILES string of the molecule is Cc1cccc(N2CC3NCCOC3C2)c1. The van der Waals surface area contributed by atoms with Gasteiger partial charge in [0.25, 0.3) is 0 Å². The molecule has 2 saturated heterocycles. The molecule has 3 heteroatoms. The van der Waals surface area contributed by atoms with Crippen molar-refractivity contribution in [2.45, 2.75) is 19.1 Å². The van der Waals surface area contributed by atoms with E-state index < -0.39 is 0 Å². The molecule has 0 radical (unpaired) electrons. The Hall–Kier alpha value is -1.06. The number of nitrogens with one attached hydrogen (secondary N) is 1. The zero-order valence-electron chi connectivity index (χ0n) is 9.65. The fraction of sp³-hybridized carbons (Fsp3) is 0.538. The topological polar surface area (TPSA) is 24.5 Å². The molecule has 2 heterocycles. The van der Waals surface area contributed by atoms with Crippen LogP contribution in [-0.2, 0) is 4.74 Å². The van der Waals surface area contributed by atoms with Crippen LogP contribution in [0.1, 0.15) is 5.56 Å². The lowest BCUT2D eigenvalue weighted by atomic mass is 10.2. The predicted molar refractivity (Wildman–Crippen MR) is 64.9 cm³/mol. The van der Waals surface area contributed by atoms with E-state index >= 15 is 0 Å². The molecule has 2 fully saturated rings. The summed E-state index contributed by atoms with van der Waals surface area (Å²) in [7, 11) is 0. The summed E-state index contributed by atoms with van der Waals surface area (Å²) in [4.78, 5) is 2.42. The zero-order chi connectivity index (χ0) is 11.0. The van der Waals surface area contributed by atoms with Crippen molar-refractivity contribution in [3.63, 3.8) is 0 Å². The van der Waals surface area contributed by atoms with Gasteiger partial charge in [0.15, 0.2) is 0 Å². The Kier molecular flexibility index (Phi) is 2.58. The average Bonchev–Trinajstić information content (AvgIpc) is 2.72. The van der Waals surface area contributed by atoms with E-state index in [1.54, 1.807) is 0 Å². The maximum atomic E-state index is 5.78. The smallest absolute Gasteiger partial charge is 0.0920 e. The van der Waals surface area contributed by atoms with E-state index in [4.69, 9.17) is 4.74 Å². The fourth-order valence-corrected chi connectivity index (χ4v) is 2.63. The second kappa shape index (κ2) is 4.07. The van der Waals surface area contributed by atoms with Crippen LogP contribution in [0.2, 0.25) is 0 Å². The van der Waals surface area contributed by atoms with Gasteiger partial charge in [-0.3, -0.25) is 0 Å². The monoisotopic (exact) mass is 218 g/mol. The number of morpholine rings is 1. The van der Waals surface area contributed by atoms with Gasteiger partial charge >= 0.3 is 0 Å². The van der Waals surface area contributed by atoms with Crippen molar-refractivity contribution < 1.29 is 4.74 Å². The van der Waals surface area contributed by atoms with Gasteiger partial charge in [-0.05, 0) is 24.6 Å². The third-order valence-electron chi connectivity index (χ3n) is 3.47. The summed E-state index contributed by atoms with van der Waals surface area (Å²) in [5.41, 5.74) is 2.64. The van der Waals surface area contributed by atoms with Gasteiger partial charge in [0, 0.05) is 25.3 Å². The Labute approximate surface area is 96.4 Å². The number of benzene rings is 1. The van der Waals surface area contributed by atoms with Gasteiger partial charge in [0.1, 0.15) is 0 Å². The number of hydrogen-bond donors (Lipinski definition) is 1. The largest absolute Gasteiger partial charge is 0.373 e. The van der Waals surface area contributed by atoms with Crippen molar-refractivity contribution in [3.8, 4) is 0 Å². The van der Waals surface area contributed by atoms with Crippen LogP contribution >= 0.6 is 0 Å².